The van der Waals surface area contributed by atoms with Crippen molar-refractivity contribution in [1.82, 2.24) is 0 Å². The molecule has 1 fully saturated rings. The van der Waals surface area contributed by atoms with Crippen LogP contribution in [0.15, 0.2) is 30.3 Å². The lowest BCUT2D eigenvalue weighted by Crippen LogP contribution is -2.37. The molecule has 0 saturated carbocycles. The molecule has 2 rings (SSSR count). The zero-order chi connectivity index (χ0) is 11.4. The molecular weight excluding hydrogens is 202 g/mol. The fourth-order valence-electron chi connectivity index (χ4n) is 2.26. The van der Waals surface area contributed by atoms with Crippen LogP contribution < -0.4 is 5.73 Å². The lowest BCUT2D eigenvalue weighted by atomic mass is 9.91. The van der Waals surface area contributed by atoms with Crippen molar-refractivity contribution in [2.45, 2.75) is 18.6 Å². The Labute approximate surface area is 96.5 Å². The second kappa shape index (κ2) is 5.43. The van der Waals surface area contributed by atoms with Crippen LogP contribution in [0.1, 0.15) is 18.1 Å². The van der Waals surface area contributed by atoms with Gasteiger partial charge in [-0.1, -0.05) is 30.3 Å². The zero-order valence-corrected chi connectivity index (χ0v) is 9.63. The molecule has 0 aliphatic carbocycles. The Hall–Kier alpha value is -0.900. The first-order chi connectivity index (χ1) is 7.83. The highest BCUT2D eigenvalue weighted by atomic mass is 16.5. The molecule has 1 aliphatic rings. The molecule has 3 heteroatoms. The predicted octanol–water partition coefficient (Wildman–Crippen LogP) is 1.74. The predicted molar refractivity (Wildman–Crippen MR) is 63.1 cm³/mol. The summed E-state index contributed by atoms with van der Waals surface area (Å²) in [6.07, 6.45) is 1.00. The number of methoxy groups -OCH3 is 1. The average Bonchev–Trinajstić information content (AvgIpc) is 2.85. The zero-order valence-electron chi connectivity index (χ0n) is 9.63. The van der Waals surface area contributed by atoms with E-state index in [4.69, 9.17) is 15.2 Å². The molecule has 3 nitrogen and oxygen atoms in total. The first kappa shape index (κ1) is 11.6. The highest BCUT2D eigenvalue weighted by molar-refractivity contribution is 5.19. The van der Waals surface area contributed by atoms with Crippen LogP contribution in [0.25, 0.3) is 0 Å². The summed E-state index contributed by atoms with van der Waals surface area (Å²) in [5, 5.41) is 0. The van der Waals surface area contributed by atoms with Gasteiger partial charge in [0.15, 0.2) is 0 Å². The maximum atomic E-state index is 6.26. The lowest BCUT2D eigenvalue weighted by molar-refractivity contribution is 0.0572. The van der Waals surface area contributed by atoms with Gasteiger partial charge in [-0.25, -0.2) is 0 Å². The first-order valence-electron chi connectivity index (χ1n) is 5.74. The van der Waals surface area contributed by atoms with E-state index in [0.29, 0.717) is 5.92 Å². The van der Waals surface area contributed by atoms with E-state index >= 15 is 0 Å². The molecule has 16 heavy (non-hydrogen) atoms. The van der Waals surface area contributed by atoms with E-state index in [1.54, 1.807) is 7.11 Å². The number of hydrogen-bond donors (Lipinski definition) is 1. The van der Waals surface area contributed by atoms with Crippen LogP contribution in [-0.4, -0.2) is 26.4 Å². The number of benzene rings is 1. The van der Waals surface area contributed by atoms with Gasteiger partial charge in [-0.05, 0) is 12.0 Å². The van der Waals surface area contributed by atoms with Gasteiger partial charge in [-0.2, -0.15) is 0 Å². The summed E-state index contributed by atoms with van der Waals surface area (Å²) in [6, 6.07) is 10.2. The van der Waals surface area contributed by atoms with Crippen LogP contribution in [0.3, 0.4) is 0 Å². The van der Waals surface area contributed by atoms with Crippen molar-refractivity contribution in [3.8, 4) is 0 Å². The van der Waals surface area contributed by atoms with Gasteiger partial charge in [0, 0.05) is 25.7 Å². The SMILES string of the molecule is COC(c1ccccc1)C(N)C1CCOC1. The van der Waals surface area contributed by atoms with Crippen molar-refractivity contribution in [1.29, 1.82) is 0 Å². The summed E-state index contributed by atoms with van der Waals surface area (Å²) in [5.41, 5.74) is 7.40. The second-order valence-corrected chi connectivity index (χ2v) is 4.27. The van der Waals surface area contributed by atoms with E-state index < -0.39 is 0 Å². The molecule has 88 valence electrons. The number of rotatable bonds is 4. The normalized spacial score (nSPS) is 24.2. The molecule has 2 N–H and O–H groups in total. The van der Waals surface area contributed by atoms with Gasteiger partial charge >= 0.3 is 0 Å². The molecule has 1 saturated heterocycles. The summed E-state index contributed by atoms with van der Waals surface area (Å²) >= 11 is 0. The van der Waals surface area contributed by atoms with Crippen molar-refractivity contribution in [3.05, 3.63) is 35.9 Å². The van der Waals surface area contributed by atoms with Crippen LogP contribution in [0.4, 0.5) is 0 Å². The maximum absolute atomic E-state index is 6.26. The van der Waals surface area contributed by atoms with Crippen molar-refractivity contribution in [3.63, 3.8) is 0 Å². The number of hydrogen-bond acceptors (Lipinski definition) is 3. The van der Waals surface area contributed by atoms with E-state index in [1.165, 1.54) is 0 Å². The molecule has 0 radical (unpaired) electrons. The largest absolute Gasteiger partial charge is 0.381 e. The van der Waals surface area contributed by atoms with Gasteiger partial charge in [0.1, 0.15) is 0 Å². The summed E-state index contributed by atoms with van der Waals surface area (Å²) in [4.78, 5) is 0. The van der Waals surface area contributed by atoms with E-state index in [0.717, 1.165) is 25.2 Å². The molecular formula is C13H19NO2. The molecule has 0 aromatic heterocycles. The highest BCUT2D eigenvalue weighted by Crippen LogP contribution is 2.27. The van der Waals surface area contributed by atoms with Gasteiger partial charge in [0.25, 0.3) is 0 Å². The third-order valence-electron chi connectivity index (χ3n) is 3.24. The summed E-state index contributed by atoms with van der Waals surface area (Å²) < 4.78 is 10.9. The van der Waals surface area contributed by atoms with Gasteiger partial charge in [0.05, 0.1) is 12.7 Å². The Kier molecular flexibility index (Phi) is 3.93. The smallest absolute Gasteiger partial charge is 0.0975 e. The van der Waals surface area contributed by atoms with E-state index in [-0.39, 0.29) is 12.1 Å². The van der Waals surface area contributed by atoms with Crippen LogP contribution in [0.5, 0.6) is 0 Å². The number of ether oxygens (including phenoxy) is 2. The third kappa shape index (κ3) is 2.43. The van der Waals surface area contributed by atoms with Gasteiger partial charge in [-0.3, -0.25) is 0 Å². The molecule has 1 aromatic rings. The topological polar surface area (TPSA) is 44.5 Å². The molecule has 1 aliphatic heterocycles. The average molecular weight is 221 g/mol. The fraction of sp³-hybridized carbons (Fsp3) is 0.538. The van der Waals surface area contributed by atoms with Crippen molar-refractivity contribution in [2.24, 2.45) is 11.7 Å². The van der Waals surface area contributed by atoms with E-state index in [1.807, 2.05) is 18.2 Å². The van der Waals surface area contributed by atoms with Gasteiger partial charge in [0.2, 0.25) is 0 Å². The Morgan fingerprint density at radius 1 is 1.38 bits per heavy atom. The molecule has 0 amide bonds. The van der Waals surface area contributed by atoms with Crippen molar-refractivity contribution >= 4 is 0 Å². The fourth-order valence-corrected chi connectivity index (χ4v) is 2.26. The molecule has 0 bridgehead atoms. The third-order valence-corrected chi connectivity index (χ3v) is 3.24. The highest BCUT2D eigenvalue weighted by Gasteiger charge is 2.30. The second-order valence-electron chi connectivity index (χ2n) is 4.27. The summed E-state index contributed by atoms with van der Waals surface area (Å²) in [7, 11) is 1.72. The Balaban J connectivity index is 2.09. The quantitative estimate of drug-likeness (QED) is 0.842. The van der Waals surface area contributed by atoms with Crippen molar-refractivity contribution < 1.29 is 9.47 Å². The molecule has 3 atom stereocenters. The standard InChI is InChI=1S/C13H19NO2/c1-15-13(10-5-3-2-4-6-10)12(14)11-7-8-16-9-11/h2-6,11-13H,7-9,14H2,1H3. The monoisotopic (exact) mass is 221 g/mol. The maximum Gasteiger partial charge on any atom is 0.0975 e. The molecule has 1 heterocycles. The summed E-state index contributed by atoms with van der Waals surface area (Å²) in [6.45, 7) is 1.58. The van der Waals surface area contributed by atoms with Gasteiger partial charge < -0.3 is 15.2 Å². The Morgan fingerprint density at radius 3 is 2.69 bits per heavy atom. The van der Waals surface area contributed by atoms with E-state index in [9.17, 15) is 0 Å². The van der Waals surface area contributed by atoms with E-state index in [2.05, 4.69) is 12.1 Å². The lowest BCUT2D eigenvalue weighted by Gasteiger charge is -2.26. The van der Waals surface area contributed by atoms with Crippen LogP contribution in [0.2, 0.25) is 0 Å². The Morgan fingerprint density at radius 2 is 2.12 bits per heavy atom. The molecule has 3 unspecified atom stereocenters. The number of nitrogens with two attached hydrogens (primary N) is 1. The molecule has 1 aromatic carbocycles. The van der Waals surface area contributed by atoms with Gasteiger partial charge in [-0.15, -0.1) is 0 Å². The Bertz CT molecular complexity index is 309. The van der Waals surface area contributed by atoms with Crippen LogP contribution in [0, 0.1) is 5.92 Å². The van der Waals surface area contributed by atoms with Crippen LogP contribution >= 0.6 is 0 Å². The minimum atomic E-state index is -0.0344. The summed E-state index contributed by atoms with van der Waals surface area (Å²) in [5.74, 6) is 0.408. The van der Waals surface area contributed by atoms with Crippen molar-refractivity contribution in [2.75, 3.05) is 20.3 Å². The first-order valence-corrected chi connectivity index (χ1v) is 5.74. The molecule has 0 spiro atoms. The minimum Gasteiger partial charge on any atom is -0.381 e. The minimum absolute atomic E-state index is 0.00917. The van der Waals surface area contributed by atoms with Crippen LogP contribution in [-0.2, 0) is 9.47 Å².